The van der Waals surface area contributed by atoms with Crippen molar-refractivity contribution in [2.24, 2.45) is 5.41 Å². The molecule has 1 aliphatic rings. The third kappa shape index (κ3) is 7.13. The van der Waals surface area contributed by atoms with E-state index in [1.54, 1.807) is 0 Å². The highest BCUT2D eigenvalue weighted by Crippen LogP contribution is 2.30. The first-order valence-corrected chi connectivity index (χ1v) is 8.46. The van der Waals surface area contributed by atoms with Gasteiger partial charge in [-0.1, -0.05) is 48.8 Å². The first-order chi connectivity index (χ1) is 9.81. The summed E-state index contributed by atoms with van der Waals surface area (Å²) in [5.41, 5.74) is 4.33. The lowest BCUT2D eigenvalue weighted by atomic mass is 9.80. The normalized spacial score (nSPS) is 33.4. The van der Waals surface area contributed by atoms with Gasteiger partial charge >= 0.3 is 0 Å². The molecule has 1 heteroatoms. The molecule has 0 aliphatic heterocycles. The van der Waals surface area contributed by atoms with E-state index in [0.29, 0.717) is 0 Å². The third-order valence-corrected chi connectivity index (χ3v) is 4.75. The quantitative estimate of drug-likeness (QED) is 0.546. The Morgan fingerprint density at radius 2 is 1.33 bits per heavy atom. The van der Waals surface area contributed by atoms with Gasteiger partial charge in [-0.05, 0) is 71.1 Å². The summed E-state index contributed by atoms with van der Waals surface area (Å²) >= 11 is 0. The number of aliphatic hydroxyl groups is 1. The zero-order valence-electron chi connectivity index (χ0n) is 14.7. The van der Waals surface area contributed by atoms with Crippen molar-refractivity contribution in [1.82, 2.24) is 0 Å². The predicted molar refractivity (Wildman–Crippen MR) is 93.4 cm³/mol. The molecular weight excluding hydrogens is 256 g/mol. The smallest absolute Gasteiger partial charge is 0.0597 e. The maximum atomic E-state index is 10.5. The fourth-order valence-corrected chi connectivity index (χ4v) is 2.73. The molecule has 0 aromatic rings. The van der Waals surface area contributed by atoms with Crippen LogP contribution in [0.3, 0.4) is 0 Å². The molecule has 0 heterocycles. The van der Waals surface area contributed by atoms with E-state index in [1.807, 2.05) is 0 Å². The zero-order valence-corrected chi connectivity index (χ0v) is 14.7. The zero-order chi connectivity index (χ0) is 15.9. The maximum absolute atomic E-state index is 10.5. The second-order valence-corrected chi connectivity index (χ2v) is 7.48. The minimum atomic E-state index is -0.227. The number of rotatable bonds is 0. The van der Waals surface area contributed by atoms with E-state index in [4.69, 9.17) is 0 Å². The van der Waals surface area contributed by atoms with Gasteiger partial charge in [0.05, 0.1) is 6.10 Å². The molecule has 1 nitrogen and oxygen atoms in total. The molecule has 0 bridgehead atoms. The van der Waals surface area contributed by atoms with Crippen molar-refractivity contribution in [3.05, 3.63) is 34.9 Å². The van der Waals surface area contributed by atoms with Crippen LogP contribution < -0.4 is 0 Å². The number of hydrogen-bond acceptors (Lipinski definition) is 1. The molecule has 0 spiro atoms. The summed E-state index contributed by atoms with van der Waals surface area (Å²) in [4.78, 5) is 0. The van der Waals surface area contributed by atoms with Crippen LogP contribution in [0, 0.1) is 5.41 Å². The molecule has 1 atom stereocenters. The highest BCUT2D eigenvalue weighted by molar-refractivity contribution is 5.07. The molecule has 1 aliphatic carbocycles. The summed E-state index contributed by atoms with van der Waals surface area (Å²) in [5, 5.41) is 10.5. The number of hydrogen-bond donors (Lipinski definition) is 1. The van der Waals surface area contributed by atoms with E-state index in [2.05, 4.69) is 52.8 Å². The minimum Gasteiger partial charge on any atom is -0.393 e. The monoisotopic (exact) mass is 290 g/mol. The Bertz CT molecular complexity index is 410. The van der Waals surface area contributed by atoms with Crippen LogP contribution in [0.2, 0.25) is 0 Å². The first kappa shape index (κ1) is 18.2. The topological polar surface area (TPSA) is 20.2 Å². The molecule has 0 aromatic carbocycles. The maximum Gasteiger partial charge on any atom is 0.0597 e. The lowest BCUT2D eigenvalue weighted by molar-refractivity contribution is 0.0452. The molecule has 1 rings (SSSR count). The number of aliphatic hydroxyl groups excluding tert-OH is 1. The van der Waals surface area contributed by atoms with Crippen LogP contribution in [0.1, 0.15) is 79.6 Å². The Labute approximate surface area is 131 Å². The second kappa shape index (κ2) is 8.58. The van der Waals surface area contributed by atoms with Crippen molar-refractivity contribution in [2.75, 3.05) is 0 Å². The molecule has 1 N–H and O–H groups in total. The average molecular weight is 290 g/mol. The Morgan fingerprint density at radius 3 is 1.90 bits per heavy atom. The van der Waals surface area contributed by atoms with Crippen molar-refractivity contribution in [3.8, 4) is 0 Å². The second-order valence-electron chi connectivity index (χ2n) is 7.48. The Hall–Kier alpha value is -0.820. The Balaban J connectivity index is 2.81. The molecule has 0 saturated carbocycles. The van der Waals surface area contributed by atoms with Crippen molar-refractivity contribution in [3.63, 3.8) is 0 Å². The van der Waals surface area contributed by atoms with Gasteiger partial charge in [0.1, 0.15) is 0 Å². The van der Waals surface area contributed by atoms with Crippen molar-refractivity contribution < 1.29 is 5.11 Å². The van der Waals surface area contributed by atoms with E-state index in [1.165, 1.54) is 16.7 Å². The molecule has 120 valence electrons. The van der Waals surface area contributed by atoms with Gasteiger partial charge in [-0.15, -0.1) is 0 Å². The molecular formula is C20H34O. The standard InChI is InChI=1S/C20H34O/c1-16-8-6-10-17(2)12-13-19(21)20(4,5)15-14-18(3)11-7-9-16/h9-10,14,19,21H,6-8,11-13,15H2,1-5H3/b16-9-,17-10-,18-14-. The Morgan fingerprint density at radius 1 is 0.857 bits per heavy atom. The van der Waals surface area contributed by atoms with Crippen LogP contribution in [0.15, 0.2) is 34.9 Å². The van der Waals surface area contributed by atoms with E-state index in [9.17, 15) is 5.11 Å². The number of allylic oxidation sites excluding steroid dienone is 6. The van der Waals surface area contributed by atoms with Gasteiger partial charge in [0.25, 0.3) is 0 Å². The lowest BCUT2D eigenvalue weighted by Gasteiger charge is -2.30. The van der Waals surface area contributed by atoms with Crippen LogP contribution in [0.25, 0.3) is 0 Å². The van der Waals surface area contributed by atoms with Gasteiger partial charge in [-0.25, -0.2) is 0 Å². The first-order valence-electron chi connectivity index (χ1n) is 8.46. The van der Waals surface area contributed by atoms with Gasteiger partial charge in [-0.2, -0.15) is 0 Å². The predicted octanol–water partition coefficient (Wildman–Crippen LogP) is 5.96. The van der Waals surface area contributed by atoms with Crippen molar-refractivity contribution in [1.29, 1.82) is 0 Å². The highest BCUT2D eigenvalue weighted by Gasteiger charge is 2.26. The summed E-state index contributed by atoms with van der Waals surface area (Å²) in [6, 6.07) is 0. The Kier molecular flexibility index (Phi) is 7.45. The summed E-state index contributed by atoms with van der Waals surface area (Å²) in [6.07, 6.45) is 14.2. The van der Waals surface area contributed by atoms with Gasteiger partial charge < -0.3 is 5.11 Å². The largest absolute Gasteiger partial charge is 0.393 e. The molecule has 21 heavy (non-hydrogen) atoms. The summed E-state index contributed by atoms with van der Waals surface area (Å²) < 4.78 is 0. The fraction of sp³-hybridized carbons (Fsp3) is 0.700. The molecule has 0 fully saturated rings. The van der Waals surface area contributed by atoms with E-state index in [0.717, 1.165) is 44.9 Å². The van der Waals surface area contributed by atoms with Crippen LogP contribution in [0.5, 0.6) is 0 Å². The van der Waals surface area contributed by atoms with Gasteiger partial charge in [0, 0.05) is 0 Å². The van der Waals surface area contributed by atoms with Gasteiger partial charge in [0.15, 0.2) is 0 Å². The molecule has 0 radical (unpaired) electrons. The summed E-state index contributed by atoms with van der Waals surface area (Å²) in [6.45, 7) is 11.0. The van der Waals surface area contributed by atoms with Crippen molar-refractivity contribution >= 4 is 0 Å². The highest BCUT2D eigenvalue weighted by atomic mass is 16.3. The molecule has 0 aromatic heterocycles. The third-order valence-electron chi connectivity index (χ3n) is 4.75. The van der Waals surface area contributed by atoms with Crippen LogP contribution in [-0.4, -0.2) is 11.2 Å². The van der Waals surface area contributed by atoms with Crippen LogP contribution >= 0.6 is 0 Å². The summed E-state index contributed by atoms with van der Waals surface area (Å²) in [5.74, 6) is 0. The van der Waals surface area contributed by atoms with E-state index >= 15 is 0 Å². The fourth-order valence-electron chi connectivity index (χ4n) is 2.73. The van der Waals surface area contributed by atoms with E-state index in [-0.39, 0.29) is 11.5 Å². The van der Waals surface area contributed by atoms with Gasteiger partial charge in [-0.3, -0.25) is 0 Å². The minimum absolute atomic E-state index is 0.0343. The lowest BCUT2D eigenvalue weighted by Crippen LogP contribution is -2.28. The SMILES string of the molecule is C/C1=C/CC/C(C)=C\CC(C)(C)C(O)CC/C(C)=C\CC1. The molecule has 1 unspecified atom stereocenters. The summed E-state index contributed by atoms with van der Waals surface area (Å²) in [7, 11) is 0. The van der Waals surface area contributed by atoms with Crippen LogP contribution in [-0.2, 0) is 0 Å². The van der Waals surface area contributed by atoms with Crippen molar-refractivity contribution in [2.45, 2.75) is 85.7 Å². The average Bonchev–Trinajstić information content (AvgIpc) is 2.42. The van der Waals surface area contributed by atoms with E-state index < -0.39 is 0 Å². The van der Waals surface area contributed by atoms with Gasteiger partial charge in [0.2, 0.25) is 0 Å². The molecule has 0 saturated heterocycles. The van der Waals surface area contributed by atoms with Crippen LogP contribution in [0.4, 0.5) is 0 Å². The molecule has 0 amide bonds.